The van der Waals surface area contributed by atoms with E-state index in [-0.39, 0.29) is 5.91 Å². The molecule has 0 spiro atoms. The molecule has 0 unspecified atom stereocenters. The highest BCUT2D eigenvalue weighted by Crippen LogP contribution is 2.27. The van der Waals surface area contributed by atoms with Crippen molar-refractivity contribution in [1.29, 1.82) is 0 Å². The van der Waals surface area contributed by atoms with Gasteiger partial charge in [0.05, 0.1) is 7.11 Å². The second-order valence-corrected chi connectivity index (χ2v) is 8.65. The van der Waals surface area contributed by atoms with E-state index in [0.29, 0.717) is 0 Å². The third-order valence-electron chi connectivity index (χ3n) is 6.47. The minimum absolute atomic E-state index is 0.119. The van der Waals surface area contributed by atoms with E-state index in [1.54, 1.807) is 13.4 Å². The summed E-state index contributed by atoms with van der Waals surface area (Å²) < 4.78 is 7.62. The molecule has 6 nitrogen and oxygen atoms in total. The molecule has 0 aliphatic carbocycles. The van der Waals surface area contributed by atoms with Gasteiger partial charge in [-0.2, -0.15) is 0 Å². The zero-order valence-corrected chi connectivity index (χ0v) is 19.1. The van der Waals surface area contributed by atoms with E-state index >= 15 is 0 Å². The third kappa shape index (κ3) is 4.21. The maximum Gasteiger partial charge on any atom is 0.253 e. The number of carbonyl (C=O) groups excluding carboxylic acids is 1. The molecule has 0 atom stereocenters. The number of aromatic nitrogens is 3. The summed E-state index contributed by atoms with van der Waals surface area (Å²) in [6, 6.07) is 18.4. The summed E-state index contributed by atoms with van der Waals surface area (Å²) in [5.41, 5.74) is 7.11. The summed E-state index contributed by atoms with van der Waals surface area (Å²) in [4.78, 5) is 14.6. The number of pyridine rings is 1. The first-order valence-electron chi connectivity index (χ1n) is 11.5. The second kappa shape index (κ2) is 9.06. The number of hydrogen-bond acceptors (Lipinski definition) is 4. The van der Waals surface area contributed by atoms with Gasteiger partial charge in [0.25, 0.3) is 5.91 Å². The largest absolute Gasteiger partial charge is 0.496 e. The Morgan fingerprint density at radius 3 is 2.55 bits per heavy atom. The lowest BCUT2D eigenvalue weighted by Gasteiger charge is -2.15. The first-order chi connectivity index (χ1) is 16.1. The summed E-state index contributed by atoms with van der Waals surface area (Å²) in [7, 11) is 1.72. The number of nitrogens with zero attached hydrogens (tertiary/aromatic N) is 4. The van der Waals surface area contributed by atoms with Crippen LogP contribution in [0.1, 0.15) is 40.0 Å². The molecule has 0 radical (unpaired) electrons. The Balaban J connectivity index is 1.38. The van der Waals surface area contributed by atoms with E-state index in [1.807, 2.05) is 29.2 Å². The normalized spacial score (nSPS) is 13.6. The minimum Gasteiger partial charge on any atom is -0.496 e. The van der Waals surface area contributed by atoms with Crippen LogP contribution in [0.25, 0.3) is 16.8 Å². The number of rotatable bonds is 6. The van der Waals surface area contributed by atoms with Crippen LogP contribution in [-0.2, 0) is 12.8 Å². The third-order valence-corrected chi connectivity index (χ3v) is 6.47. The van der Waals surface area contributed by atoms with Crippen molar-refractivity contribution >= 4 is 11.6 Å². The lowest BCUT2D eigenvalue weighted by molar-refractivity contribution is 0.0793. The molecule has 5 rings (SSSR count). The van der Waals surface area contributed by atoms with Crippen LogP contribution >= 0.6 is 0 Å². The molecule has 6 heteroatoms. The molecule has 33 heavy (non-hydrogen) atoms. The van der Waals surface area contributed by atoms with Gasteiger partial charge in [0, 0.05) is 29.9 Å². The molecular formula is C27H28N4O2. The first-order valence-corrected chi connectivity index (χ1v) is 11.5. The molecule has 0 saturated carbocycles. The fourth-order valence-electron chi connectivity index (χ4n) is 4.61. The molecule has 1 amide bonds. The molecule has 2 aromatic heterocycles. The van der Waals surface area contributed by atoms with E-state index < -0.39 is 0 Å². The number of carbonyl (C=O) groups is 1. The van der Waals surface area contributed by atoms with Crippen LogP contribution in [0.5, 0.6) is 5.75 Å². The van der Waals surface area contributed by atoms with Crippen molar-refractivity contribution in [3.05, 3.63) is 83.3 Å². The standard InChI is InChI=1S/C27H28N4O2/c1-19-5-6-21(25(17-19)33-2)11-12-23-13-14-24(26-29-28-18-31(23)26)20-7-9-22(10-8-20)27(32)30-15-3-4-16-30/h5-10,13-14,17-18H,3-4,11-12,15-16H2,1-2H3. The predicted octanol–water partition coefficient (Wildman–Crippen LogP) is 4.73. The molecule has 1 aliphatic heterocycles. The number of likely N-dealkylation sites (tertiary alicyclic amines) is 1. The molecule has 168 valence electrons. The number of aryl methyl sites for hydroxylation is 3. The number of benzene rings is 2. The quantitative estimate of drug-likeness (QED) is 0.435. The number of ether oxygens (including phenoxy) is 1. The van der Waals surface area contributed by atoms with Gasteiger partial charge < -0.3 is 9.64 Å². The summed E-state index contributed by atoms with van der Waals surface area (Å²) >= 11 is 0. The van der Waals surface area contributed by atoms with Gasteiger partial charge in [-0.15, -0.1) is 10.2 Å². The SMILES string of the molecule is COc1cc(C)ccc1CCc1ccc(-c2ccc(C(=O)N3CCCC3)cc2)c2nncn12. The molecule has 1 aliphatic rings. The Morgan fingerprint density at radius 2 is 1.79 bits per heavy atom. The molecule has 0 bridgehead atoms. The zero-order chi connectivity index (χ0) is 22.8. The number of hydrogen-bond donors (Lipinski definition) is 0. The van der Waals surface area contributed by atoms with Crippen molar-refractivity contribution in [3.63, 3.8) is 0 Å². The van der Waals surface area contributed by atoms with Crippen LogP contribution in [0, 0.1) is 6.92 Å². The van der Waals surface area contributed by atoms with Gasteiger partial charge >= 0.3 is 0 Å². The van der Waals surface area contributed by atoms with Gasteiger partial charge in [-0.1, -0.05) is 24.3 Å². The lowest BCUT2D eigenvalue weighted by atomic mass is 10.0. The summed E-state index contributed by atoms with van der Waals surface area (Å²) in [5.74, 6) is 1.05. The highest BCUT2D eigenvalue weighted by molar-refractivity contribution is 5.95. The van der Waals surface area contributed by atoms with Crippen molar-refractivity contribution in [1.82, 2.24) is 19.5 Å². The number of methoxy groups -OCH3 is 1. The maximum absolute atomic E-state index is 12.7. The molecule has 4 aromatic rings. The molecule has 2 aromatic carbocycles. The van der Waals surface area contributed by atoms with Gasteiger partial charge in [-0.05, 0) is 79.6 Å². The molecule has 1 saturated heterocycles. The second-order valence-electron chi connectivity index (χ2n) is 8.65. The van der Waals surface area contributed by atoms with Gasteiger partial charge in [0.1, 0.15) is 12.1 Å². The Labute approximate surface area is 193 Å². The number of amides is 1. The smallest absolute Gasteiger partial charge is 0.253 e. The first kappa shape index (κ1) is 21.2. The van der Waals surface area contributed by atoms with Crippen molar-refractivity contribution in [2.24, 2.45) is 0 Å². The lowest BCUT2D eigenvalue weighted by Crippen LogP contribution is -2.27. The summed E-state index contributed by atoms with van der Waals surface area (Å²) in [5, 5.41) is 8.56. The van der Waals surface area contributed by atoms with Crippen LogP contribution in [0.15, 0.2) is 60.9 Å². The Morgan fingerprint density at radius 1 is 1.00 bits per heavy atom. The average Bonchev–Trinajstić information content (AvgIpc) is 3.55. The number of fused-ring (bicyclic) bond motifs is 1. The Bertz CT molecular complexity index is 1290. The minimum atomic E-state index is 0.119. The predicted molar refractivity (Wildman–Crippen MR) is 129 cm³/mol. The van der Waals surface area contributed by atoms with E-state index in [9.17, 15) is 4.79 Å². The van der Waals surface area contributed by atoms with Gasteiger partial charge in [-0.3, -0.25) is 9.20 Å². The fraction of sp³-hybridized carbons (Fsp3) is 0.296. The van der Waals surface area contributed by atoms with Gasteiger partial charge in [0.2, 0.25) is 0 Å². The maximum atomic E-state index is 12.7. The van der Waals surface area contributed by atoms with Crippen molar-refractivity contribution in [2.75, 3.05) is 20.2 Å². The van der Waals surface area contributed by atoms with E-state index in [1.165, 1.54) is 11.1 Å². The molecular weight excluding hydrogens is 412 g/mol. The van der Waals surface area contributed by atoms with E-state index in [4.69, 9.17) is 4.74 Å². The highest BCUT2D eigenvalue weighted by atomic mass is 16.5. The molecule has 1 fully saturated rings. The van der Waals surface area contributed by atoms with Crippen molar-refractivity contribution in [3.8, 4) is 16.9 Å². The highest BCUT2D eigenvalue weighted by Gasteiger charge is 2.19. The Kier molecular flexibility index (Phi) is 5.82. The average molecular weight is 441 g/mol. The van der Waals surface area contributed by atoms with Crippen molar-refractivity contribution in [2.45, 2.75) is 32.6 Å². The van der Waals surface area contributed by atoms with E-state index in [2.05, 4.69) is 51.9 Å². The Hall–Kier alpha value is -3.67. The van der Waals surface area contributed by atoms with Gasteiger partial charge in [-0.25, -0.2) is 0 Å². The molecule has 3 heterocycles. The van der Waals surface area contributed by atoms with Gasteiger partial charge in [0.15, 0.2) is 5.65 Å². The van der Waals surface area contributed by atoms with Crippen LogP contribution in [0.4, 0.5) is 0 Å². The van der Waals surface area contributed by atoms with E-state index in [0.717, 1.165) is 72.6 Å². The van der Waals surface area contributed by atoms with Crippen molar-refractivity contribution < 1.29 is 9.53 Å². The fourth-order valence-corrected chi connectivity index (χ4v) is 4.61. The van der Waals surface area contributed by atoms with Crippen LogP contribution in [-0.4, -0.2) is 45.6 Å². The topological polar surface area (TPSA) is 59.7 Å². The van der Waals surface area contributed by atoms with Crippen LogP contribution in [0.2, 0.25) is 0 Å². The monoisotopic (exact) mass is 440 g/mol. The van der Waals surface area contributed by atoms with Crippen LogP contribution in [0.3, 0.4) is 0 Å². The summed E-state index contributed by atoms with van der Waals surface area (Å²) in [6.07, 6.45) is 5.67. The zero-order valence-electron chi connectivity index (χ0n) is 19.1. The molecule has 0 N–H and O–H groups in total. The van der Waals surface area contributed by atoms with Crippen LogP contribution < -0.4 is 4.74 Å². The summed E-state index contributed by atoms with van der Waals surface area (Å²) in [6.45, 7) is 3.79.